The highest BCUT2D eigenvalue weighted by Crippen LogP contribution is 2.34. The van der Waals surface area contributed by atoms with E-state index in [2.05, 4.69) is 69.1 Å². The summed E-state index contributed by atoms with van der Waals surface area (Å²) in [6, 6.07) is 17.3. The van der Waals surface area contributed by atoms with Crippen LogP contribution in [-0.4, -0.2) is 58.0 Å². The Balaban J connectivity index is 1.13. The molecule has 2 aliphatic heterocycles. The molecule has 34 heavy (non-hydrogen) atoms. The number of carbonyl (C=O) groups excluding carboxylic acids is 1. The minimum Gasteiger partial charge on any atom is -0.352 e. The second kappa shape index (κ2) is 9.94. The van der Waals surface area contributed by atoms with Crippen molar-refractivity contribution in [3.05, 3.63) is 70.9 Å². The molecule has 178 valence electrons. The molecule has 2 N–H and O–H groups in total. The van der Waals surface area contributed by atoms with Gasteiger partial charge in [0.05, 0.1) is 21.8 Å². The number of nitrogens with zero attached hydrogens (tertiary/aromatic N) is 3. The summed E-state index contributed by atoms with van der Waals surface area (Å²) in [5.74, 6) is -0.00101. The predicted octanol–water partition coefficient (Wildman–Crippen LogP) is 3.97. The normalized spacial score (nSPS) is 22.5. The fourth-order valence-electron chi connectivity index (χ4n) is 5.28. The number of nitrogens with one attached hydrogen (secondary N) is 2. The highest BCUT2D eigenvalue weighted by Gasteiger charge is 2.37. The molecule has 0 aliphatic carbocycles. The summed E-state index contributed by atoms with van der Waals surface area (Å²) in [7, 11) is 0. The van der Waals surface area contributed by atoms with Crippen LogP contribution in [0.5, 0.6) is 0 Å². The van der Waals surface area contributed by atoms with E-state index in [0.29, 0.717) is 12.6 Å². The summed E-state index contributed by atoms with van der Waals surface area (Å²) in [4.78, 5) is 20.6. The Labute approximate surface area is 205 Å². The quantitative estimate of drug-likeness (QED) is 0.483. The molecule has 1 aromatic carbocycles. The largest absolute Gasteiger partial charge is 0.352 e. The van der Waals surface area contributed by atoms with Gasteiger partial charge in [-0.05, 0) is 63.4 Å². The van der Waals surface area contributed by atoms with Crippen molar-refractivity contribution in [3.8, 4) is 0 Å². The zero-order chi connectivity index (χ0) is 23.5. The van der Waals surface area contributed by atoms with Crippen LogP contribution < -0.4 is 10.6 Å². The van der Waals surface area contributed by atoms with Gasteiger partial charge in [0.25, 0.3) is 5.91 Å². The lowest BCUT2D eigenvalue weighted by Gasteiger charge is -2.49. The SMILES string of the molecule is C[C@@H]1CNC[C@](C)(Cc2ccccc2)N1CCCCNC(=O)C1=Cc2cnc3cccc(n23)S1. The van der Waals surface area contributed by atoms with E-state index >= 15 is 0 Å². The van der Waals surface area contributed by atoms with E-state index in [1.54, 1.807) is 0 Å². The lowest BCUT2D eigenvalue weighted by atomic mass is 9.87. The number of hydrogen-bond donors (Lipinski definition) is 2. The molecule has 3 aromatic rings. The van der Waals surface area contributed by atoms with E-state index in [-0.39, 0.29) is 11.4 Å². The van der Waals surface area contributed by atoms with Crippen molar-refractivity contribution >= 4 is 29.4 Å². The predicted molar refractivity (Wildman–Crippen MR) is 139 cm³/mol. The van der Waals surface area contributed by atoms with Gasteiger partial charge in [-0.3, -0.25) is 14.1 Å². The number of benzene rings is 1. The van der Waals surface area contributed by atoms with Gasteiger partial charge in [-0.2, -0.15) is 0 Å². The van der Waals surface area contributed by atoms with Crippen molar-refractivity contribution in [3.63, 3.8) is 0 Å². The van der Waals surface area contributed by atoms with E-state index in [4.69, 9.17) is 0 Å². The standard InChI is InChI=1S/C27H33N5OS/c1-20-17-28-19-27(2,16-21-9-4-3-5-10-21)31(20)14-7-6-13-29-26(33)23-15-22-18-30-24-11-8-12-25(34-23)32(22)24/h3-5,8-12,15,18,20,28H,6-7,13-14,16-17,19H2,1-2H3,(H,29,33)/t20-,27+/m1/s1. The number of piperazine rings is 1. The molecular weight excluding hydrogens is 442 g/mol. The minimum absolute atomic E-state index is 0.00101. The van der Waals surface area contributed by atoms with Crippen molar-refractivity contribution in [2.45, 2.75) is 49.7 Å². The molecule has 2 atom stereocenters. The third-order valence-electron chi connectivity index (χ3n) is 6.95. The van der Waals surface area contributed by atoms with Crippen molar-refractivity contribution in [2.75, 3.05) is 26.2 Å². The summed E-state index contributed by atoms with van der Waals surface area (Å²) in [6.07, 6.45) is 6.83. The fourth-order valence-corrected chi connectivity index (χ4v) is 6.29. The maximum Gasteiger partial charge on any atom is 0.258 e. The van der Waals surface area contributed by atoms with Gasteiger partial charge in [0, 0.05) is 31.2 Å². The molecule has 4 heterocycles. The molecule has 2 aromatic heterocycles. The van der Waals surface area contributed by atoms with Crippen LogP contribution in [0.15, 0.2) is 64.7 Å². The Morgan fingerprint density at radius 1 is 1.21 bits per heavy atom. The van der Waals surface area contributed by atoms with Gasteiger partial charge in [-0.25, -0.2) is 4.98 Å². The lowest BCUT2D eigenvalue weighted by molar-refractivity contribution is -0.116. The number of pyridine rings is 1. The Kier molecular flexibility index (Phi) is 6.77. The van der Waals surface area contributed by atoms with Crippen molar-refractivity contribution in [1.29, 1.82) is 0 Å². The Bertz CT molecular complexity index is 1190. The zero-order valence-electron chi connectivity index (χ0n) is 20.0. The smallest absolute Gasteiger partial charge is 0.258 e. The van der Waals surface area contributed by atoms with Gasteiger partial charge in [0.15, 0.2) is 0 Å². The van der Waals surface area contributed by atoms with Crippen molar-refractivity contribution in [2.24, 2.45) is 0 Å². The van der Waals surface area contributed by atoms with E-state index in [1.807, 2.05) is 30.5 Å². The summed E-state index contributed by atoms with van der Waals surface area (Å²) in [6.45, 7) is 8.45. The molecule has 0 bridgehead atoms. The molecule has 2 aliphatic rings. The average Bonchev–Trinajstić information content (AvgIpc) is 3.25. The van der Waals surface area contributed by atoms with Crippen molar-refractivity contribution < 1.29 is 4.79 Å². The van der Waals surface area contributed by atoms with Crippen LogP contribution in [0.25, 0.3) is 11.7 Å². The lowest BCUT2D eigenvalue weighted by Crippen LogP contribution is -2.64. The summed E-state index contributed by atoms with van der Waals surface area (Å²) in [5.41, 5.74) is 3.35. The first-order valence-electron chi connectivity index (χ1n) is 12.2. The number of carbonyl (C=O) groups is 1. The first kappa shape index (κ1) is 23.1. The molecule has 0 spiro atoms. The summed E-state index contributed by atoms with van der Waals surface area (Å²) in [5, 5.41) is 7.79. The number of thioether (sulfide) groups is 1. The molecule has 1 amide bonds. The number of hydrogen-bond acceptors (Lipinski definition) is 5. The van der Waals surface area contributed by atoms with Crippen LogP contribution in [0.3, 0.4) is 0 Å². The Morgan fingerprint density at radius 2 is 2.06 bits per heavy atom. The number of unbranched alkanes of at least 4 members (excludes halogenated alkanes) is 1. The van der Waals surface area contributed by atoms with Crippen molar-refractivity contribution in [1.82, 2.24) is 24.9 Å². The highest BCUT2D eigenvalue weighted by molar-refractivity contribution is 8.04. The maximum absolute atomic E-state index is 12.8. The zero-order valence-corrected chi connectivity index (χ0v) is 20.8. The number of aromatic nitrogens is 2. The van der Waals surface area contributed by atoms with Gasteiger partial charge in [0.1, 0.15) is 5.65 Å². The summed E-state index contributed by atoms with van der Waals surface area (Å²) >= 11 is 1.51. The third-order valence-corrected chi connectivity index (χ3v) is 8.00. The molecule has 0 unspecified atom stereocenters. The number of imidazole rings is 1. The van der Waals surface area contributed by atoms with Gasteiger partial charge < -0.3 is 10.6 Å². The molecule has 5 rings (SSSR count). The van der Waals surface area contributed by atoms with Gasteiger partial charge in [0.2, 0.25) is 0 Å². The van der Waals surface area contributed by atoms with Crippen LogP contribution in [0, 0.1) is 0 Å². The first-order chi connectivity index (χ1) is 16.5. The topological polar surface area (TPSA) is 61.7 Å². The van der Waals surface area contributed by atoms with Gasteiger partial charge >= 0.3 is 0 Å². The van der Waals surface area contributed by atoms with Crippen LogP contribution in [-0.2, 0) is 11.2 Å². The van der Waals surface area contributed by atoms with Crippen LogP contribution >= 0.6 is 11.8 Å². The first-order valence-corrected chi connectivity index (χ1v) is 13.0. The maximum atomic E-state index is 12.8. The second-order valence-electron chi connectivity index (χ2n) is 9.65. The molecule has 1 saturated heterocycles. The summed E-state index contributed by atoms with van der Waals surface area (Å²) < 4.78 is 2.09. The number of amides is 1. The van der Waals surface area contributed by atoms with E-state index in [9.17, 15) is 4.79 Å². The van der Waals surface area contributed by atoms with E-state index in [1.165, 1.54) is 17.3 Å². The molecule has 6 nitrogen and oxygen atoms in total. The Hall–Kier alpha value is -2.61. The van der Waals surface area contributed by atoms with Crippen LogP contribution in [0.4, 0.5) is 0 Å². The Morgan fingerprint density at radius 3 is 2.91 bits per heavy atom. The third kappa shape index (κ3) is 4.78. The molecule has 1 fully saturated rings. The monoisotopic (exact) mass is 475 g/mol. The van der Waals surface area contributed by atoms with E-state index in [0.717, 1.165) is 60.2 Å². The molecule has 7 heteroatoms. The van der Waals surface area contributed by atoms with E-state index < -0.39 is 0 Å². The average molecular weight is 476 g/mol. The molecular formula is C27H33N5OS. The number of rotatable bonds is 8. The molecule has 0 saturated carbocycles. The second-order valence-corrected chi connectivity index (χ2v) is 10.7. The van der Waals surface area contributed by atoms with Crippen LogP contribution in [0.1, 0.15) is 37.9 Å². The molecule has 0 radical (unpaired) electrons. The van der Waals surface area contributed by atoms with Crippen LogP contribution in [0.2, 0.25) is 0 Å². The van der Waals surface area contributed by atoms with Gasteiger partial charge in [-0.15, -0.1) is 0 Å². The minimum atomic E-state index is -0.00101. The highest BCUT2D eigenvalue weighted by atomic mass is 32.2. The van der Waals surface area contributed by atoms with Gasteiger partial charge in [-0.1, -0.05) is 48.2 Å². The fraction of sp³-hybridized carbons (Fsp3) is 0.407.